The summed E-state index contributed by atoms with van der Waals surface area (Å²) < 4.78 is 6.59. The predicted octanol–water partition coefficient (Wildman–Crippen LogP) is 3.75. The maximum absolute atomic E-state index is 11.8. The minimum Gasteiger partial charge on any atom is -0.492 e. The third kappa shape index (κ3) is 5.53. The summed E-state index contributed by atoms with van der Waals surface area (Å²) in [6, 6.07) is 15.8. The molecule has 0 unspecified atom stereocenters. The smallest absolute Gasteiger partial charge is 0.224 e. The largest absolute Gasteiger partial charge is 0.492 e. The predicted molar refractivity (Wildman–Crippen MR) is 92.2 cm³/mol. The Labute approximate surface area is 139 Å². The number of hydrogen-bond donors (Lipinski definition) is 1. The quantitative estimate of drug-likeness (QED) is 0.762. The summed E-state index contributed by atoms with van der Waals surface area (Å²) in [5.41, 5.74) is 2.28. The van der Waals surface area contributed by atoms with Crippen LogP contribution >= 0.6 is 15.9 Å². The van der Waals surface area contributed by atoms with Crippen LogP contribution in [0.5, 0.6) is 5.75 Å². The van der Waals surface area contributed by atoms with E-state index in [1.165, 1.54) is 5.56 Å². The molecule has 0 radical (unpaired) electrons. The van der Waals surface area contributed by atoms with E-state index in [1.807, 2.05) is 36.4 Å². The van der Waals surface area contributed by atoms with Crippen LogP contribution in [0.2, 0.25) is 0 Å². The highest BCUT2D eigenvalue weighted by Gasteiger charge is 2.03. The van der Waals surface area contributed by atoms with Crippen molar-refractivity contribution in [1.29, 1.82) is 0 Å². The molecule has 0 saturated carbocycles. The van der Waals surface area contributed by atoms with Crippen molar-refractivity contribution in [3.63, 3.8) is 0 Å². The van der Waals surface area contributed by atoms with E-state index >= 15 is 0 Å². The van der Waals surface area contributed by atoms with Crippen molar-refractivity contribution in [3.05, 3.63) is 64.1 Å². The standard InChI is InChI=1S/C18H20BrNO2/c1-2-14-6-8-17(9-7-14)22-11-10-20-18(21)13-15-4-3-5-16(19)12-15/h3-9,12H,2,10-11,13H2,1H3,(H,20,21). The first-order valence-corrected chi connectivity index (χ1v) is 8.19. The highest BCUT2D eigenvalue weighted by atomic mass is 79.9. The molecule has 0 heterocycles. The lowest BCUT2D eigenvalue weighted by atomic mass is 10.1. The number of nitrogens with one attached hydrogen (secondary N) is 1. The number of hydrogen-bond acceptors (Lipinski definition) is 2. The number of rotatable bonds is 7. The van der Waals surface area contributed by atoms with Gasteiger partial charge in [-0.2, -0.15) is 0 Å². The monoisotopic (exact) mass is 361 g/mol. The van der Waals surface area contributed by atoms with E-state index in [9.17, 15) is 4.79 Å². The normalized spacial score (nSPS) is 10.3. The van der Waals surface area contributed by atoms with Crippen LogP contribution in [0.15, 0.2) is 53.0 Å². The Balaban J connectivity index is 1.68. The molecule has 116 valence electrons. The molecule has 0 fully saturated rings. The van der Waals surface area contributed by atoms with Crippen molar-refractivity contribution in [1.82, 2.24) is 5.32 Å². The van der Waals surface area contributed by atoms with Gasteiger partial charge in [0.2, 0.25) is 5.91 Å². The fraction of sp³-hybridized carbons (Fsp3) is 0.278. The van der Waals surface area contributed by atoms with Crippen molar-refractivity contribution in [2.75, 3.05) is 13.2 Å². The zero-order valence-corrected chi connectivity index (χ0v) is 14.2. The van der Waals surface area contributed by atoms with E-state index in [1.54, 1.807) is 0 Å². The highest BCUT2D eigenvalue weighted by Crippen LogP contribution is 2.13. The number of carbonyl (C=O) groups excluding carboxylic acids is 1. The van der Waals surface area contributed by atoms with Crippen molar-refractivity contribution in [2.24, 2.45) is 0 Å². The van der Waals surface area contributed by atoms with Crippen molar-refractivity contribution in [2.45, 2.75) is 19.8 Å². The van der Waals surface area contributed by atoms with Gasteiger partial charge >= 0.3 is 0 Å². The van der Waals surface area contributed by atoms with Crippen LogP contribution in [0.25, 0.3) is 0 Å². The van der Waals surface area contributed by atoms with Gasteiger partial charge in [-0.15, -0.1) is 0 Å². The minimum absolute atomic E-state index is 0.00281. The second kappa shape index (κ2) is 8.59. The summed E-state index contributed by atoms with van der Waals surface area (Å²) in [6.45, 7) is 3.09. The summed E-state index contributed by atoms with van der Waals surface area (Å²) in [5.74, 6) is 0.835. The first-order valence-electron chi connectivity index (χ1n) is 7.40. The number of halogens is 1. The molecular weight excluding hydrogens is 342 g/mol. The minimum atomic E-state index is 0.00281. The van der Waals surface area contributed by atoms with Gasteiger partial charge in [0.1, 0.15) is 12.4 Å². The van der Waals surface area contributed by atoms with Crippen LogP contribution in [0.1, 0.15) is 18.1 Å². The van der Waals surface area contributed by atoms with Gasteiger partial charge in [-0.05, 0) is 41.8 Å². The van der Waals surface area contributed by atoms with Gasteiger partial charge in [0.05, 0.1) is 13.0 Å². The van der Waals surface area contributed by atoms with E-state index in [0.717, 1.165) is 22.2 Å². The molecule has 0 saturated heterocycles. The molecule has 1 amide bonds. The van der Waals surface area contributed by atoms with Gasteiger partial charge in [-0.1, -0.05) is 47.1 Å². The Kier molecular flexibility index (Phi) is 6.46. The maximum Gasteiger partial charge on any atom is 0.224 e. The molecule has 2 rings (SSSR count). The summed E-state index contributed by atoms with van der Waals surface area (Å²) in [6.07, 6.45) is 1.40. The molecular formula is C18H20BrNO2. The molecule has 1 N–H and O–H groups in total. The van der Waals surface area contributed by atoms with Crippen LogP contribution in [0.4, 0.5) is 0 Å². The average Bonchev–Trinajstić information content (AvgIpc) is 2.52. The lowest BCUT2D eigenvalue weighted by Gasteiger charge is -2.08. The summed E-state index contributed by atoms with van der Waals surface area (Å²) in [7, 11) is 0. The third-order valence-corrected chi connectivity index (χ3v) is 3.77. The Morgan fingerprint density at radius 2 is 1.91 bits per heavy atom. The first-order chi connectivity index (χ1) is 10.7. The molecule has 0 atom stereocenters. The van der Waals surface area contributed by atoms with Gasteiger partial charge in [0, 0.05) is 4.47 Å². The van der Waals surface area contributed by atoms with E-state index in [4.69, 9.17) is 4.74 Å². The molecule has 2 aromatic carbocycles. The van der Waals surface area contributed by atoms with Gasteiger partial charge in [-0.3, -0.25) is 4.79 Å². The molecule has 0 aliphatic carbocycles. The zero-order valence-electron chi connectivity index (χ0n) is 12.6. The lowest BCUT2D eigenvalue weighted by molar-refractivity contribution is -0.120. The molecule has 22 heavy (non-hydrogen) atoms. The topological polar surface area (TPSA) is 38.3 Å². The van der Waals surface area contributed by atoms with Crippen LogP contribution in [0, 0.1) is 0 Å². The van der Waals surface area contributed by atoms with E-state index < -0.39 is 0 Å². The number of aryl methyl sites for hydroxylation is 1. The number of amides is 1. The van der Waals surface area contributed by atoms with Crippen LogP contribution in [0.3, 0.4) is 0 Å². The maximum atomic E-state index is 11.8. The summed E-state index contributed by atoms with van der Waals surface area (Å²) >= 11 is 3.40. The van der Waals surface area contributed by atoms with E-state index in [2.05, 4.69) is 40.3 Å². The van der Waals surface area contributed by atoms with Gasteiger partial charge in [-0.25, -0.2) is 0 Å². The molecule has 3 nitrogen and oxygen atoms in total. The van der Waals surface area contributed by atoms with Crippen LogP contribution in [-0.4, -0.2) is 19.1 Å². The highest BCUT2D eigenvalue weighted by molar-refractivity contribution is 9.10. The van der Waals surface area contributed by atoms with Gasteiger partial charge in [0.25, 0.3) is 0 Å². The third-order valence-electron chi connectivity index (χ3n) is 3.28. The molecule has 0 spiro atoms. The SMILES string of the molecule is CCc1ccc(OCCNC(=O)Cc2cccc(Br)c2)cc1. The van der Waals surface area contributed by atoms with Crippen LogP contribution in [-0.2, 0) is 17.6 Å². The molecule has 2 aromatic rings. The van der Waals surface area contributed by atoms with Crippen molar-refractivity contribution in [3.8, 4) is 5.75 Å². The lowest BCUT2D eigenvalue weighted by Crippen LogP contribution is -2.29. The Morgan fingerprint density at radius 1 is 1.14 bits per heavy atom. The number of carbonyl (C=O) groups is 1. The van der Waals surface area contributed by atoms with Gasteiger partial charge < -0.3 is 10.1 Å². The Morgan fingerprint density at radius 3 is 2.59 bits per heavy atom. The molecule has 0 aliphatic rings. The molecule has 4 heteroatoms. The zero-order chi connectivity index (χ0) is 15.8. The Hall–Kier alpha value is -1.81. The second-order valence-electron chi connectivity index (χ2n) is 5.00. The van der Waals surface area contributed by atoms with E-state index in [0.29, 0.717) is 19.6 Å². The fourth-order valence-electron chi connectivity index (χ4n) is 2.08. The van der Waals surface area contributed by atoms with Crippen molar-refractivity contribution < 1.29 is 9.53 Å². The fourth-order valence-corrected chi connectivity index (χ4v) is 2.52. The molecule has 0 aliphatic heterocycles. The first kappa shape index (κ1) is 16.6. The Bertz CT molecular complexity index is 611. The number of benzene rings is 2. The van der Waals surface area contributed by atoms with E-state index in [-0.39, 0.29) is 5.91 Å². The second-order valence-corrected chi connectivity index (χ2v) is 5.92. The molecule has 0 aromatic heterocycles. The average molecular weight is 362 g/mol. The summed E-state index contributed by atoms with van der Waals surface area (Å²) in [5, 5.41) is 2.86. The number of ether oxygens (including phenoxy) is 1. The molecule has 0 bridgehead atoms. The van der Waals surface area contributed by atoms with Crippen LogP contribution < -0.4 is 10.1 Å². The van der Waals surface area contributed by atoms with Gasteiger partial charge in [0.15, 0.2) is 0 Å². The summed E-state index contributed by atoms with van der Waals surface area (Å²) in [4.78, 5) is 11.8. The van der Waals surface area contributed by atoms with Crippen molar-refractivity contribution >= 4 is 21.8 Å².